The Balaban J connectivity index is -0.0000000286. The van der Waals surface area contributed by atoms with Gasteiger partial charge in [-0.1, -0.05) is 0 Å². The van der Waals surface area contributed by atoms with Crippen molar-refractivity contribution in [3.63, 3.8) is 0 Å². The van der Waals surface area contributed by atoms with Crippen LogP contribution in [0.5, 0.6) is 0 Å². The van der Waals surface area contributed by atoms with Crippen LogP contribution in [0.3, 0.4) is 0 Å². The summed E-state index contributed by atoms with van der Waals surface area (Å²) in [5.74, 6) is 0. The Morgan fingerprint density at radius 1 is 1.22 bits per heavy atom. The van der Waals surface area contributed by atoms with Crippen LogP contribution >= 0.6 is 11.9 Å². The fraction of sp³-hybridized carbons (Fsp3) is 0. The van der Waals surface area contributed by atoms with Crippen molar-refractivity contribution in [2.75, 3.05) is 0 Å². The van der Waals surface area contributed by atoms with Gasteiger partial charge in [-0.15, -0.1) is 0 Å². The molecule has 0 aliphatic heterocycles. The van der Waals surface area contributed by atoms with E-state index in [9.17, 15) is 0 Å². The largest absolute Gasteiger partial charge is 1.00 e. The fourth-order valence-electron chi connectivity index (χ4n) is 0. The summed E-state index contributed by atoms with van der Waals surface area (Å²) in [6.07, 6.45) is 0. The molecule has 0 fully saturated rings. The van der Waals surface area contributed by atoms with Crippen molar-refractivity contribution in [1.29, 1.82) is 0 Å². The van der Waals surface area contributed by atoms with Gasteiger partial charge in [-0.05, 0) is 0 Å². The molecule has 0 aliphatic rings. The summed E-state index contributed by atoms with van der Waals surface area (Å²) in [6, 6.07) is 0. The summed E-state index contributed by atoms with van der Waals surface area (Å²) in [5.41, 5.74) is 0. The number of rotatable bonds is 0. The van der Waals surface area contributed by atoms with Crippen LogP contribution in [0.4, 0.5) is 4.70 Å². The first-order valence-corrected chi connectivity index (χ1v) is 2.56. The van der Waals surface area contributed by atoms with Gasteiger partial charge in [0.25, 0.3) is 0 Å². The van der Waals surface area contributed by atoms with Crippen LogP contribution in [0.25, 0.3) is 0 Å². The Morgan fingerprint density at radius 3 is 1.22 bits per heavy atom. The van der Waals surface area contributed by atoms with Gasteiger partial charge in [-0.25, -0.2) is 11.9 Å². The Morgan fingerprint density at radius 2 is 1.22 bits per heavy atom. The minimum absolute atomic E-state index is 0. The second-order valence-corrected chi connectivity index (χ2v) is 1.34. The summed E-state index contributed by atoms with van der Waals surface area (Å²) in [4.78, 5) is 0. The molecule has 0 heterocycles. The summed E-state index contributed by atoms with van der Waals surface area (Å²) in [5, 5.41) is 0. The van der Waals surface area contributed by atoms with E-state index in [0.717, 1.165) is 0 Å². The molecule has 9 heteroatoms. The molecule has 0 aromatic carbocycles. The molecule has 0 unspecified atom stereocenters. The van der Waals surface area contributed by atoms with Crippen LogP contribution in [0, 0.1) is 0 Å². The van der Waals surface area contributed by atoms with Crippen molar-refractivity contribution in [1.82, 2.24) is 0 Å². The molecule has 9 heavy (non-hydrogen) atoms. The maximum atomic E-state index is 8.74. The molecule has 0 saturated heterocycles. The van der Waals surface area contributed by atoms with E-state index in [0.29, 0.717) is 0 Å². The molecule has 0 aromatic rings. The Labute approximate surface area is 78.4 Å². The number of hydrogen-bond donors (Lipinski definition) is 2. The SMILES string of the molecule is F.O=S(=O)(O)O.[Na+].[O-]Cl. The van der Waals surface area contributed by atoms with Gasteiger partial charge in [0.2, 0.25) is 0 Å². The topological polar surface area (TPSA) is 97.7 Å². The van der Waals surface area contributed by atoms with Crippen molar-refractivity contribution in [3.05, 3.63) is 0 Å². The van der Waals surface area contributed by atoms with E-state index in [1.54, 1.807) is 0 Å². The minimum Gasteiger partial charge on any atom is -0.769 e. The summed E-state index contributed by atoms with van der Waals surface area (Å²) >= 11 is 3.39. The molecule has 0 spiro atoms. The van der Waals surface area contributed by atoms with E-state index in [-0.39, 0.29) is 34.3 Å². The Kier molecular flexibility index (Phi) is 29.5. The zero-order valence-corrected chi connectivity index (χ0v) is 7.89. The van der Waals surface area contributed by atoms with Gasteiger partial charge in [0.1, 0.15) is 0 Å². The third-order valence-corrected chi connectivity index (χ3v) is 0. The molecule has 2 N–H and O–H groups in total. The normalized spacial score (nSPS) is 7.11. The van der Waals surface area contributed by atoms with Gasteiger partial charge < -0.3 is 4.66 Å². The van der Waals surface area contributed by atoms with Gasteiger partial charge in [0.15, 0.2) is 0 Å². The molecule has 0 saturated carbocycles. The van der Waals surface area contributed by atoms with E-state index in [1.807, 2.05) is 0 Å². The van der Waals surface area contributed by atoms with Crippen LogP contribution in [-0.4, -0.2) is 17.5 Å². The smallest absolute Gasteiger partial charge is 0.769 e. The average Bonchev–Trinajstić information content (AvgIpc) is 1.36. The maximum Gasteiger partial charge on any atom is 1.00 e. The molecule has 0 amide bonds. The standard InChI is InChI=1S/ClO.FH.Na.H2O4S/c1-2;;;1-5(2,3)4/h;1H;;(H2,1,2,3,4)/q-1;;+1;. The van der Waals surface area contributed by atoms with Gasteiger partial charge in [-0.2, -0.15) is 8.42 Å². The van der Waals surface area contributed by atoms with E-state index < -0.39 is 10.4 Å². The Bertz CT molecular complexity index is 100. The van der Waals surface area contributed by atoms with Crippen LogP contribution in [0.15, 0.2) is 0 Å². The van der Waals surface area contributed by atoms with Crippen molar-refractivity contribution in [2.24, 2.45) is 0 Å². The predicted molar refractivity (Wildman–Crippen MR) is 22.5 cm³/mol. The predicted octanol–water partition coefficient (Wildman–Crippen LogP) is -4.00. The van der Waals surface area contributed by atoms with Gasteiger partial charge in [0, 0.05) is 0 Å². The second-order valence-electron chi connectivity index (χ2n) is 0.448. The Hall–Kier alpha value is 1.05. The van der Waals surface area contributed by atoms with Gasteiger partial charge in [-0.3, -0.25) is 13.8 Å². The van der Waals surface area contributed by atoms with E-state index in [4.69, 9.17) is 22.2 Å². The maximum absolute atomic E-state index is 8.74. The van der Waals surface area contributed by atoms with Crippen LogP contribution in [-0.2, 0) is 10.4 Å². The quantitative estimate of drug-likeness (QED) is 0.301. The fourth-order valence-corrected chi connectivity index (χ4v) is 0. The monoisotopic (exact) mass is 192 g/mol. The first-order chi connectivity index (χ1) is 3.00. The van der Waals surface area contributed by atoms with Gasteiger partial charge >= 0.3 is 40.0 Å². The molecule has 54 valence electrons. The molecule has 0 bridgehead atoms. The molecule has 5 nitrogen and oxygen atoms in total. The number of halogens is 2. The number of hydrogen-bond acceptors (Lipinski definition) is 3. The van der Waals surface area contributed by atoms with E-state index in [1.165, 1.54) is 0 Å². The summed E-state index contributed by atoms with van der Waals surface area (Å²) in [7, 11) is -4.67. The van der Waals surface area contributed by atoms with Crippen LogP contribution < -0.4 is 34.2 Å². The van der Waals surface area contributed by atoms with E-state index >= 15 is 0 Å². The van der Waals surface area contributed by atoms with Crippen molar-refractivity contribution in [2.45, 2.75) is 0 Å². The third-order valence-electron chi connectivity index (χ3n) is 0. The van der Waals surface area contributed by atoms with Gasteiger partial charge in [0.05, 0.1) is 0 Å². The molecule has 0 rings (SSSR count). The molecule has 0 radical (unpaired) electrons. The zero-order chi connectivity index (χ0) is 6.50. The van der Waals surface area contributed by atoms with Crippen molar-refractivity contribution in [3.8, 4) is 0 Å². The minimum atomic E-state index is -4.67. The molecular weight excluding hydrogens is 190 g/mol. The molecule has 0 aliphatic carbocycles. The molecule has 0 aromatic heterocycles. The molecular formula is H3ClFNaO5S. The van der Waals surface area contributed by atoms with Crippen LogP contribution in [0.2, 0.25) is 0 Å². The summed E-state index contributed by atoms with van der Waals surface area (Å²) < 4.78 is 39.3. The third kappa shape index (κ3) is 408. The van der Waals surface area contributed by atoms with Crippen molar-refractivity contribution < 1.29 is 56.4 Å². The van der Waals surface area contributed by atoms with Crippen molar-refractivity contribution >= 4 is 22.3 Å². The molecule has 0 atom stereocenters. The summed E-state index contributed by atoms with van der Waals surface area (Å²) in [6.45, 7) is 0. The first-order valence-electron chi connectivity index (χ1n) is 0.853. The second kappa shape index (κ2) is 11.8. The van der Waals surface area contributed by atoms with Crippen LogP contribution in [0.1, 0.15) is 0 Å². The average molecular weight is 193 g/mol. The van der Waals surface area contributed by atoms with E-state index in [2.05, 4.69) is 11.9 Å². The zero-order valence-electron chi connectivity index (χ0n) is 4.31. The first kappa shape index (κ1) is 22.5.